The zero-order valence-corrected chi connectivity index (χ0v) is 12.9. The van der Waals surface area contributed by atoms with E-state index in [1.54, 1.807) is 17.8 Å². The van der Waals surface area contributed by atoms with Gasteiger partial charge in [-0.25, -0.2) is 4.39 Å². The lowest BCUT2D eigenvalue weighted by Gasteiger charge is -2.29. The van der Waals surface area contributed by atoms with Gasteiger partial charge in [0.15, 0.2) is 5.17 Å². The summed E-state index contributed by atoms with van der Waals surface area (Å²) in [5, 5.41) is 4.18. The summed E-state index contributed by atoms with van der Waals surface area (Å²) in [6, 6.07) is 4.62. The molecule has 0 aliphatic carbocycles. The summed E-state index contributed by atoms with van der Waals surface area (Å²) in [7, 11) is 0. The molecule has 0 radical (unpaired) electrons. The van der Waals surface area contributed by atoms with Gasteiger partial charge >= 0.3 is 0 Å². The van der Waals surface area contributed by atoms with Crippen molar-refractivity contribution in [2.75, 3.05) is 11.1 Å². The van der Waals surface area contributed by atoms with Crippen LogP contribution in [0, 0.1) is 5.82 Å². The van der Waals surface area contributed by atoms with Crippen LogP contribution in [-0.4, -0.2) is 16.5 Å². The monoisotopic (exact) mass is 330 g/mol. The number of halogens is 2. The number of nitrogens with zero attached hydrogens (tertiary/aromatic N) is 1. The highest BCUT2D eigenvalue weighted by atomic mass is 79.9. The van der Waals surface area contributed by atoms with Crippen molar-refractivity contribution in [2.45, 2.75) is 32.2 Å². The van der Waals surface area contributed by atoms with Crippen molar-refractivity contribution in [3.8, 4) is 0 Å². The highest BCUT2D eigenvalue weighted by Gasteiger charge is 2.26. The van der Waals surface area contributed by atoms with Gasteiger partial charge in [0.25, 0.3) is 0 Å². The minimum absolute atomic E-state index is 0.0279. The van der Waals surface area contributed by atoms with Crippen molar-refractivity contribution in [3.05, 3.63) is 28.5 Å². The number of amidine groups is 1. The molecule has 1 heterocycles. The van der Waals surface area contributed by atoms with E-state index < -0.39 is 0 Å². The molecule has 1 aromatic rings. The smallest absolute Gasteiger partial charge is 0.161 e. The topological polar surface area (TPSA) is 24.4 Å². The second-order valence-corrected chi connectivity index (χ2v) is 6.55. The Morgan fingerprint density at radius 2 is 2.33 bits per heavy atom. The fourth-order valence-corrected chi connectivity index (χ4v) is 3.38. The van der Waals surface area contributed by atoms with Gasteiger partial charge in [-0.2, -0.15) is 0 Å². The third-order valence-electron chi connectivity index (χ3n) is 3.19. The zero-order valence-electron chi connectivity index (χ0n) is 10.5. The van der Waals surface area contributed by atoms with E-state index in [9.17, 15) is 4.39 Å². The molecule has 1 N–H and O–H groups in total. The lowest BCUT2D eigenvalue weighted by molar-refractivity contribution is 0.443. The molecule has 0 saturated heterocycles. The number of rotatable bonds is 2. The van der Waals surface area contributed by atoms with Crippen LogP contribution in [0.15, 0.2) is 27.7 Å². The molecule has 98 valence electrons. The van der Waals surface area contributed by atoms with E-state index in [0.29, 0.717) is 0 Å². The molecule has 1 aliphatic heterocycles. The van der Waals surface area contributed by atoms with Gasteiger partial charge in [0.05, 0.1) is 11.2 Å². The molecular formula is C13H16BrFN2S. The first-order valence-corrected chi connectivity index (χ1v) is 7.75. The second-order valence-electron chi connectivity index (χ2n) is 4.62. The number of hydrogen-bond acceptors (Lipinski definition) is 3. The van der Waals surface area contributed by atoms with Crippen LogP contribution in [0.2, 0.25) is 0 Å². The molecule has 2 nitrogen and oxygen atoms in total. The number of hydrogen-bond donors (Lipinski definition) is 1. The van der Waals surface area contributed by atoms with Crippen molar-refractivity contribution in [1.29, 1.82) is 0 Å². The van der Waals surface area contributed by atoms with Crippen LogP contribution in [-0.2, 0) is 0 Å². The van der Waals surface area contributed by atoms with Gasteiger partial charge in [-0.15, -0.1) is 0 Å². The number of benzene rings is 1. The Morgan fingerprint density at radius 3 is 3.00 bits per heavy atom. The van der Waals surface area contributed by atoms with Crippen LogP contribution in [0.4, 0.5) is 10.1 Å². The molecule has 0 spiro atoms. The molecule has 0 amide bonds. The normalized spacial score (nSPS) is 23.7. The van der Waals surface area contributed by atoms with E-state index in [2.05, 4.69) is 35.1 Å². The second kappa shape index (κ2) is 5.61. The number of aliphatic imine (C=N–C) groups is 1. The van der Waals surface area contributed by atoms with Crippen LogP contribution in [0.25, 0.3) is 0 Å². The molecule has 1 unspecified atom stereocenters. The van der Waals surface area contributed by atoms with E-state index in [-0.39, 0.29) is 11.4 Å². The van der Waals surface area contributed by atoms with E-state index in [1.165, 1.54) is 12.1 Å². The highest BCUT2D eigenvalue weighted by Crippen LogP contribution is 2.31. The molecule has 18 heavy (non-hydrogen) atoms. The number of nitrogens with one attached hydrogen (secondary N) is 1. The Labute approximate surface area is 120 Å². The fraction of sp³-hybridized carbons (Fsp3) is 0.462. The van der Waals surface area contributed by atoms with Gasteiger partial charge < -0.3 is 5.32 Å². The van der Waals surface area contributed by atoms with Crippen LogP contribution >= 0.6 is 27.7 Å². The minimum Gasteiger partial charge on any atom is -0.334 e. The minimum atomic E-state index is -0.246. The first-order chi connectivity index (χ1) is 8.52. The largest absolute Gasteiger partial charge is 0.334 e. The Balaban J connectivity index is 2.18. The van der Waals surface area contributed by atoms with E-state index in [1.807, 2.05) is 0 Å². The van der Waals surface area contributed by atoms with Gasteiger partial charge in [0.2, 0.25) is 0 Å². The van der Waals surface area contributed by atoms with Crippen LogP contribution in [0.5, 0.6) is 0 Å². The van der Waals surface area contributed by atoms with Gasteiger partial charge in [0.1, 0.15) is 5.82 Å². The lowest BCUT2D eigenvalue weighted by atomic mass is 9.97. The standard InChI is InChI=1S/C13H16BrFN2S/c1-3-13(2)6-7-18-12(17-13)16-11-5-4-9(15)8-10(11)14/h4-5,8H,3,6-7H2,1-2H3,(H,16,17). The first kappa shape index (κ1) is 13.9. The van der Waals surface area contributed by atoms with Crippen LogP contribution in [0.3, 0.4) is 0 Å². The molecule has 0 fully saturated rings. The molecule has 0 aromatic heterocycles. The van der Waals surface area contributed by atoms with Gasteiger partial charge in [0, 0.05) is 10.2 Å². The van der Waals surface area contributed by atoms with Crippen molar-refractivity contribution in [2.24, 2.45) is 4.99 Å². The van der Waals surface area contributed by atoms with Gasteiger partial charge in [-0.05, 0) is 53.9 Å². The van der Waals surface area contributed by atoms with E-state index in [4.69, 9.17) is 4.99 Å². The number of anilines is 1. The summed E-state index contributed by atoms with van der Waals surface area (Å²) in [5.74, 6) is 0.818. The SMILES string of the molecule is CCC1(C)CCSC(Nc2ccc(F)cc2Br)=N1. The van der Waals surface area contributed by atoms with Crippen LogP contribution < -0.4 is 5.32 Å². The molecular weight excluding hydrogens is 315 g/mol. The predicted molar refractivity (Wildman–Crippen MR) is 80.9 cm³/mol. The molecule has 2 rings (SSSR count). The Morgan fingerprint density at radius 1 is 1.56 bits per heavy atom. The summed E-state index contributed by atoms with van der Waals surface area (Å²) in [6.07, 6.45) is 2.13. The molecule has 1 aromatic carbocycles. The van der Waals surface area contributed by atoms with Crippen molar-refractivity contribution >= 4 is 38.5 Å². The van der Waals surface area contributed by atoms with Crippen molar-refractivity contribution in [1.82, 2.24) is 0 Å². The first-order valence-electron chi connectivity index (χ1n) is 5.97. The zero-order chi connectivity index (χ0) is 13.2. The summed E-state index contributed by atoms with van der Waals surface area (Å²) < 4.78 is 13.7. The average Bonchev–Trinajstić information content (AvgIpc) is 2.33. The molecule has 0 bridgehead atoms. The Hall–Kier alpha value is -0.550. The van der Waals surface area contributed by atoms with E-state index in [0.717, 1.165) is 33.9 Å². The third kappa shape index (κ3) is 3.26. The maximum Gasteiger partial charge on any atom is 0.161 e. The van der Waals surface area contributed by atoms with Crippen LogP contribution in [0.1, 0.15) is 26.7 Å². The summed E-state index contributed by atoms with van der Waals surface area (Å²) in [5.41, 5.74) is 0.878. The summed E-state index contributed by atoms with van der Waals surface area (Å²) in [6.45, 7) is 4.33. The maximum atomic E-state index is 13.0. The van der Waals surface area contributed by atoms with Gasteiger partial charge in [-0.3, -0.25) is 4.99 Å². The van der Waals surface area contributed by atoms with Crippen molar-refractivity contribution < 1.29 is 4.39 Å². The van der Waals surface area contributed by atoms with E-state index >= 15 is 0 Å². The summed E-state index contributed by atoms with van der Waals surface area (Å²) >= 11 is 5.07. The molecule has 5 heteroatoms. The molecule has 0 saturated carbocycles. The highest BCUT2D eigenvalue weighted by molar-refractivity contribution is 9.10. The number of thioether (sulfide) groups is 1. The maximum absolute atomic E-state index is 13.0. The fourth-order valence-electron chi connectivity index (χ4n) is 1.73. The average molecular weight is 331 g/mol. The quantitative estimate of drug-likeness (QED) is 0.852. The van der Waals surface area contributed by atoms with Gasteiger partial charge in [-0.1, -0.05) is 18.7 Å². The summed E-state index contributed by atoms with van der Waals surface area (Å²) in [4.78, 5) is 4.74. The Bertz CT molecular complexity index is 478. The lowest BCUT2D eigenvalue weighted by Crippen LogP contribution is -2.29. The molecule has 1 atom stereocenters. The third-order valence-corrected chi connectivity index (χ3v) is 4.72. The predicted octanol–water partition coefficient (Wildman–Crippen LogP) is 4.66. The van der Waals surface area contributed by atoms with Crippen molar-refractivity contribution in [3.63, 3.8) is 0 Å². The molecule has 1 aliphatic rings. The Kier molecular flexibility index (Phi) is 4.33.